The first-order valence-corrected chi connectivity index (χ1v) is 8.93. The van der Waals surface area contributed by atoms with Gasteiger partial charge in [0.05, 0.1) is 29.4 Å². The number of nitrogens with one attached hydrogen (secondary N) is 1. The molecule has 0 spiro atoms. The van der Waals surface area contributed by atoms with Gasteiger partial charge in [-0.3, -0.25) is 4.79 Å². The predicted molar refractivity (Wildman–Crippen MR) is 107 cm³/mol. The summed E-state index contributed by atoms with van der Waals surface area (Å²) in [6, 6.07) is 11.9. The van der Waals surface area contributed by atoms with Crippen molar-refractivity contribution in [2.24, 2.45) is 0 Å². The number of ether oxygens (including phenoxy) is 2. The zero-order chi connectivity index (χ0) is 19.8. The van der Waals surface area contributed by atoms with Gasteiger partial charge in [-0.2, -0.15) is 5.26 Å². The Hall–Kier alpha value is -2.68. The van der Waals surface area contributed by atoms with Crippen molar-refractivity contribution in [3.05, 3.63) is 57.6 Å². The van der Waals surface area contributed by atoms with Crippen LogP contribution in [0.1, 0.15) is 18.9 Å². The lowest BCUT2D eigenvalue weighted by molar-refractivity contribution is -0.112. The van der Waals surface area contributed by atoms with E-state index >= 15 is 0 Å². The smallest absolute Gasteiger partial charge is 0.266 e. The molecule has 0 saturated carbocycles. The van der Waals surface area contributed by atoms with Gasteiger partial charge in [-0.1, -0.05) is 42.3 Å². The first-order valence-electron chi connectivity index (χ1n) is 8.18. The minimum absolute atomic E-state index is 0.102. The molecule has 0 aliphatic rings. The molecule has 5 nitrogen and oxygen atoms in total. The number of nitrogens with zero attached hydrogens (tertiary/aromatic N) is 1. The highest BCUT2D eigenvalue weighted by atomic mass is 35.5. The summed E-state index contributed by atoms with van der Waals surface area (Å²) >= 11 is 12.1. The molecule has 0 aromatic heterocycles. The molecule has 0 bridgehead atoms. The summed E-state index contributed by atoms with van der Waals surface area (Å²) in [5.41, 5.74) is 0.774. The van der Waals surface area contributed by atoms with Crippen molar-refractivity contribution >= 4 is 40.9 Å². The maximum Gasteiger partial charge on any atom is 0.266 e. The Bertz CT molecular complexity index is 884. The van der Waals surface area contributed by atoms with E-state index in [4.69, 9.17) is 32.7 Å². The van der Waals surface area contributed by atoms with Crippen LogP contribution in [0.5, 0.6) is 11.5 Å². The number of methoxy groups -OCH3 is 1. The molecular formula is C20H18Cl2N2O3. The fourth-order valence-electron chi connectivity index (χ4n) is 2.22. The van der Waals surface area contributed by atoms with E-state index in [0.29, 0.717) is 23.7 Å². The Morgan fingerprint density at radius 2 is 1.93 bits per heavy atom. The maximum atomic E-state index is 12.4. The van der Waals surface area contributed by atoms with E-state index in [1.165, 1.54) is 13.2 Å². The summed E-state index contributed by atoms with van der Waals surface area (Å²) in [7, 11) is 1.53. The minimum Gasteiger partial charge on any atom is -0.493 e. The molecule has 1 amide bonds. The molecule has 1 N–H and O–H groups in total. The summed E-state index contributed by atoms with van der Waals surface area (Å²) in [6.07, 6.45) is 2.32. The third kappa shape index (κ3) is 5.40. The van der Waals surface area contributed by atoms with E-state index in [1.807, 2.05) is 13.0 Å². The lowest BCUT2D eigenvalue weighted by atomic mass is 10.1. The van der Waals surface area contributed by atoms with Crippen molar-refractivity contribution < 1.29 is 14.3 Å². The summed E-state index contributed by atoms with van der Waals surface area (Å²) in [4.78, 5) is 12.4. The Balaban J connectivity index is 2.27. The van der Waals surface area contributed by atoms with E-state index in [1.54, 1.807) is 36.4 Å². The van der Waals surface area contributed by atoms with Gasteiger partial charge in [0.2, 0.25) is 0 Å². The Labute approximate surface area is 168 Å². The maximum absolute atomic E-state index is 12.4. The molecule has 0 radical (unpaired) electrons. The Kier molecular flexibility index (Phi) is 7.54. The monoisotopic (exact) mass is 404 g/mol. The molecule has 0 unspecified atom stereocenters. The van der Waals surface area contributed by atoms with E-state index in [2.05, 4.69) is 5.32 Å². The molecule has 140 valence electrons. The summed E-state index contributed by atoms with van der Waals surface area (Å²) < 4.78 is 10.9. The van der Waals surface area contributed by atoms with Crippen LogP contribution < -0.4 is 14.8 Å². The van der Waals surface area contributed by atoms with Gasteiger partial charge in [-0.15, -0.1) is 0 Å². The number of amides is 1. The van der Waals surface area contributed by atoms with Crippen LogP contribution >= 0.6 is 23.2 Å². The quantitative estimate of drug-likeness (QED) is 0.499. The number of carbonyl (C=O) groups is 1. The van der Waals surface area contributed by atoms with Gasteiger partial charge in [-0.05, 0) is 42.3 Å². The van der Waals surface area contributed by atoms with Gasteiger partial charge in [-0.25, -0.2) is 0 Å². The number of para-hydroxylation sites is 1. The normalized spacial score (nSPS) is 10.9. The summed E-state index contributed by atoms with van der Waals surface area (Å²) in [5.74, 6) is 0.504. The van der Waals surface area contributed by atoms with Crippen LogP contribution in [-0.4, -0.2) is 19.6 Å². The van der Waals surface area contributed by atoms with Crippen molar-refractivity contribution in [1.29, 1.82) is 5.26 Å². The largest absolute Gasteiger partial charge is 0.493 e. The van der Waals surface area contributed by atoms with Crippen LogP contribution in [0.15, 0.2) is 42.0 Å². The van der Waals surface area contributed by atoms with Gasteiger partial charge in [0.1, 0.15) is 11.6 Å². The van der Waals surface area contributed by atoms with Gasteiger partial charge < -0.3 is 14.8 Å². The predicted octanol–water partition coefficient (Wildman–Crippen LogP) is 5.34. The molecule has 2 aromatic rings. The second-order valence-corrected chi connectivity index (χ2v) is 6.29. The molecule has 0 heterocycles. The molecule has 2 aromatic carbocycles. The van der Waals surface area contributed by atoms with E-state index < -0.39 is 5.91 Å². The highest BCUT2D eigenvalue weighted by Gasteiger charge is 2.14. The van der Waals surface area contributed by atoms with E-state index in [9.17, 15) is 10.1 Å². The third-order valence-corrected chi connectivity index (χ3v) is 4.16. The van der Waals surface area contributed by atoms with Crippen molar-refractivity contribution in [2.75, 3.05) is 19.0 Å². The third-order valence-electron chi connectivity index (χ3n) is 3.53. The van der Waals surface area contributed by atoms with Crippen molar-refractivity contribution in [1.82, 2.24) is 0 Å². The number of rotatable bonds is 7. The molecule has 0 atom stereocenters. The van der Waals surface area contributed by atoms with Crippen LogP contribution in [0.4, 0.5) is 5.69 Å². The molecule has 7 heteroatoms. The van der Waals surface area contributed by atoms with Gasteiger partial charge in [0.15, 0.2) is 11.5 Å². The highest BCUT2D eigenvalue weighted by Crippen LogP contribution is 2.31. The topological polar surface area (TPSA) is 71.3 Å². The van der Waals surface area contributed by atoms with Crippen LogP contribution in [-0.2, 0) is 4.79 Å². The van der Waals surface area contributed by atoms with Crippen LogP contribution in [0.25, 0.3) is 6.08 Å². The first kappa shape index (κ1) is 20.6. The number of carbonyl (C=O) groups excluding carboxylic acids is 1. The highest BCUT2D eigenvalue weighted by molar-refractivity contribution is 6.40. The summed E-state index contributed by atoms with van der Waals surface area (Å²) in [5, 5.41) is 12.5. The molecule has 0 aliphatic heterocycles. The fraction of sp³-hybridized carbons (Fsp3) is 0.200. The second-order valence-electron chi connectivity index (χ2n) is 5.48. The van der Waals surface area contributed by atoms with Crippen molar-refractivity contribution in [3.8, 4) is 17.6 Å². The number of benzene rings is 2. The first-order chi connectivity index (χ1) is 13.0. The number of hydrogen-bond acceptors (Lipinski definition) is 4. The van der Waals surface area contributed by atoms with Crippen molar-refractivity contribution in [2.45, 2.75) is 13.3 Å². The molecule has 27 heavy (non-hydrogen) atoms. The van der Waals surface area contributed by atoms with Crippen molar-refractivity contribution in [3.63, 3.8) is 0 Å². The Morgan fingerprint density at radius 1 is 1.22 bits per heavy atom. The minimum atomic E-state index is -0.613. The molecular weight excluding hydrogens is 387 g/mol. The Morgan fingerprint density at radius 3 is 2.52 bits per heavy atom. The SMILES string of the molecule is CCCOc1ccc(/C=C(\C#N)C(=O)Nc2c(Cl)cccc2Cl)cc1OC. The number of anilines is 1. The molecule has 0 fully saturated rings. The zero-order valence-corrected chi connectivity index (χ0v) is 16.4. The number of nitriles is 1. The number of halogens is 2. The fourth-order valence-corrected chi connectivity index (χ4v) is 2.71. The van der Waals surface area contributed by atoms with E-state index in [-0.39, 0.29) is 21.3 Å². The van der Waals surface area contributed by atoms with E-state index in [0.717, 1.165) is 6.42 Å². The average molecular weight is 405 g/mol. The number of hydrogen-bond donors (Lipinski definition) is 1. The van der Waals surface area contributed by atoms with Gasteiger partial charge in [0.25, 0.3) is 5.91 Å². The second kappa shape index (κ2) is 9.86. The molecule has 0 saturated heterocycles. The van der Waals surface area contributed by atoms with Crippen LogP contribution in [0.3, 0.4) is 0 Å². The lowest BCUT2D eigenvalue weighted by Crippen LogP contribution is -2.14. The van der Waals surface area contributed by atoms with Crippen LogP contribution in [0.2, 0.25) is 10.0 Å². The standard InChI is InChI=1S/C20H18Cl2N2O3/c1-3-9-27-17-8-7-13(11-18(17)26-2)10-14(12-23)20(25)24-19-15(21)5-4-6-16(19)22/h4-8,10-11H,3,9H2,1-2H3,(H,24,25)/b14-10+. The summed E-state index contributed by atoms with van der Waals surface area (Å²) in [6.45, 7) is 2.57. The average Bonchev–Trinajstić information content (AvgIpc) is 2.67. The van der Waals surface area contributed by atoms with Gasteiger partial charge >= 0.3 is 0 Å². The van der Waals surface area contributed by atoms with Gasteiger partial charge in [0, 0.05) is 0 Å². The lowest BCUT2D eigenvalue weighted by Gasteiger charge is -2.11. The van der Waals surface area contributed by atoms with Crippen LogP contribution in [0, 0.1) is 11.3 Å². The molecule has 2 rings (SSSR count). The molecule has 0 aliphatic carbocycles. The zero-order valence-electron chi connectivity index (χ0n) is 14.9.